The maximum absolute atomic E-state index is 11.2. The van der Waals surface area contributed by atoms with E-state index in [4.69, 9.17) is 14.2 Å². The Morgan fingerprint density at radius 1 is 1.11 bits per heavy atom. The van der Waals surface area contributed by atoms with Crippen molar-refractivity contribution in [2.45, 2.75) is 26.2 Å². The largest absolute Gasteiger partial charge is 0.493 e. The molecule has 4 heteroatoms. The quantitative estimate of drug-likeness (QED) is 0.617. The number of ether oxygens (including phenoxy) is 3. The second-order valence-corrected chi connectivity index (χ2v) is 4.49. The number of carbonyl (C=O) groups is 1. The van der Waals surface area contributed by atoms with E-state index in [1.54, 1.807) is 20.3 Å². The zero-order valence-corrected chi connectivity index (χ0v) is 11.5. The Kier molecular flexibility index (Phi) is 4.10. The molecule has 1 aromatic rings. The molecule has 0 aromatic heterocycles. The topological polar surface area (TPSA) is 44.8 Å². The second kappa shape index (κ2) is 5.78. The first-order valence-electron chi connectivity index (χ1n) is 6.28. The normalized spacial score (nSPS) is 13.5. The first kappa shape index (κ1) is 13.5. The van der Waals surface area contributed by atoms with Crippen molar-refractivity contribution in [1.29, 1.82) is 0 Å². The Bertz CT molecular complexity index is 511. The van der Waals surface area contributed by atoms with E-state index in [1.807, 2.05) is 6.07 Å². The van der Waals surface area contributed by atoms with Crippen LogP contribution in [0.15, 0.2) is 17.7 Å². The summed E-state index contributed by atoms with van der Waals surface area (Å²) < 4.78 is 15.7. The Balaban J connectivity index is 2.44. The first-order valence-corrected chi connectivity index (χ1v) is 6.28. The lowest BCUT2D eigenvalue weighted by Gasteiger charge is -2.18. The predicted octanol–water partition coefficient (Wildman–Crippen LogP) is 3.20. The number of hydrogen-bond donors (Lipinski definition) is 0. The maximum atomic E-state index is 11.2. The molecule has 0 aliphatic heterocycles. The highest BCUT2D eigenvalue weighted by Gasteiger charge is 2.15. The molecule has 0 N–H and O–H groups in total. The van der Waals surface area contributed by atoms with E-state index in [2.05, 4.69) is 6.08 Å². The van der Waals surface area contributed by atoms with E-state index in [0.29, 0.717) is 17.2 Å². The van der Waals surface area contributed by atoms with Gasteiger partial charge in [-0.3, -0.25) is 4.79 Å². The summed E-state index contributed by atoms with van der Waals surface area (Å²) in [5, 5.41) is 0. The number of methoxy groups -OCH3 is 2. The Hall–Kier alpha value is -1.97. The Labute approximate surface area is 113 Å². The highest BCUT2D eigenvalue weighted by Crippen LogP contribution is 2.38. The van der Waals surface area contributed by atoms with Gasteiger partial charge in [-0.25, -0.2) is 0 Å². The number of hydrogen-bond acceptors (Lipinski definition) is 4. The summed E-state index contributed by atoms with van der Waals surface area (Å²) in [4.78, 5) is 11.2. The molecule has 4 nitrogen and oxygen atoms in total. The number of benzene rings is 1. The summed E-state index contributed by atoms with van der Waals surface area (Å²) in [6, 6.07) is 3.52. The zero-order valence-electron chi connectivity index (χ0n) is 11.5. The monoisotopic (exact) mass is 262 g/mol. The van der Waals surface area contributed by atoms with Crippen molar-refractivity contribution in [3.63, 3.8) is 0 Å². The van der Waals surface area contributed by atoms with Crippen molar-refractivity contribution in [1.82, 2.24) is 0 Å². The Morgan fingerprint density at radius 2 is 1.74 bits per heavy atom. The lowest BCUT2D eigenvalue weighted by atomic mass is 9.90. The minimum atomic E-state index is -0.347. The lowest BCUT2D eigenvalue weighted by Crippen LogP contribution is -2.04. The summed E-state index contributed by atoms with van der Waals surface area (Å²) >= 11 is 0. The molecule has 0 unspecified atom stereocenters. The van der Waals surface area contributed by atoms with Gasteiger partial charge in [-0.2, -0.15) is 0 Å². The molecule has 1 fully saturated rings. The van der Waals surface area contributed by atoms with Crippen molar-refractivity contribution in [3.05, 3.63) is 23.3 Å². The van der Waals surface area contributed by atoms with Gasteiger partial charge in [-0.05, 0) is 25.3 Å². The fourth-order valence-electron chi connectivity index (χ4n) is 1.98. The predicted molar refractivity (Wildman–Crippen MR) is 72.7 cm³/mol. The van der Waals surface area contributed by atoms with Gasteiger partial charge in [0.2, 0.25) is 0 Å². The van der Waals surface area contributed by atoms with Crippen molar-refractivity contribution >= 4 is 12.0 Å². The summed E-state index contributed by atoms with van der Waals surface area (Å²) in [5.41, 5.74) is 2.21. The molecule has 0 amide bonds. The molecule has 2 rings (SSSR count). The summed E-state index contributed by atoms with van der Waals surface area (Å²) in [6.45, 7) is 1.39. The van der Waals surface area contributed by atoms with Gasteiger partial charge >= 0.3 is 5.97 Å². The molecule has 0 heterocycles. The van der Waals surface area contributed by atoms with Gasteiger partial charge in [0.05, 0.1) is 14.2 Å². The summed E-state index contributed by atoms with van der Waals surface area (Å²) in [7, 11) is 3.14. The molecular formula is C15H18O4. The van der Waals surface area contributed by atoms with E-state index in [0.717, 1.165) is 18.4 Å². The van der Waals surface area contributed by atoms with Crippen LogP contribution in [-0.4, -0.2) is 20.2 Å². The molecule has 19 heavy (non-hydrogen) atoms. The lowest BCUT2D eigenvalue weighted by molar-refractivity contribution is -0.131. The van der Waals surface area contributed by atoms with Gasteiger partial charge in [0, 0.05) is 18.6 Å². The minimum Gasteiger partial charge on any atom is -0.493 e. The van der Waals surface area contributed by atoms with Crippen LogP contribution in [0.4, 0.5) is 0 Å². The van der Waals surface area contributed by atoms with Gasteiger partial charge < -0.3 is 14.2 Å². The van der Waals surface area contributed by atoms with Gasteiger partial charge in [0.1, 0.15) is 5.75 Å². The molecule has 1 saturated carbocycles. The van der Waals surface area contributed by atoms with Crippen molar-refractivity contribution in [2.24, 2.45) is 0 Å². The molecule has 1 aromatic carbocycles. The van der Waals surface area contributed by atoms with Crippen LogP contribution < -0.4 is 14.2 Å². The molecule has 0 bridgehead atoms. The third-order valence-electron chi connectivity index (χ3n) is 3.13. The number of rotatable bonds is 4. The molecule has 0 radical (unpaired) electrons. The van der Waals surface area contributed by atoms with Crippen LogP contribution in [0.1, 0.15) is 31.7 Å². The SMILES string of the molecule is COc1cc(C=C2CCC2)c(OC(C)=O)cc1OC. The Morgan fingerprint density at radius 3 is 2.21 bits per heavy atom. The molecule has 0 spiro atoms. The van der Waals surface area contributed by atoms with Crippen LogP contribution in [0.5, 0.6) is 17.2 Å². The van der Waals surface area contributed by atoms with Crippen molar-refractivity contribution < 1.29 is 19.0 Å². The number of esters is 1. The van der Waals surface area contributed by atoms with Crippen LogP contribution in [0.25, 0.3) is 6.08 Å². The third kappa shape index (κ3) is 3.08. The van der Waals surface area contributed by atoms with E-state index in [9.17, 15) is 4.79 Å². The molecule has 1 aliphatic rings. The smallest absolute Gasteiger partial charge is 0.308 e. The maximum Gasteiger partial charge on any atom is 0.308 e. The van der Waals surface area contributed by atoms with E-state index in [1.165, 1.54) is 18.9 Å². The molecular weight excluding hydrogens is 244 g/mol. The van der Waals surface area contributed by atoms with E-state index in [-0.39, 0.29) is 5.97 Å². The fraction of sp³-hybridized carbons (Fsp3) is 0.400. The summed E-state index contributed by atoms with van der Waals surface area (Å²) in [6.07, 6.45) is 5.49. The van der Waals surface area contributed by atoms with Gasteiger partial charge in [0.25, 0.3) is 0 Å². The average Bonchev–Trinajstić information content (AvgIpc) is 2.33. The molecule has 102 valence electrons. The van der Waals surface area contributed by atoms with Crippen LogP contribution in [-0.2, 0) is 4.79 Å². The van der Waals surface area contributed by atoms with Crippen LogP contribution >= 0.6 is 0 Å². The van der Waals surface area contributed by atoms with Crippen LogP contribution in [0, 0.1) is 0 Å². The van der Waals surface area contributed by atoms with Gasteiger partial charge in [-0.15, -0.1) is 0 Å². The van der Waals surface area contributed by atoms with Gasteiger partial charge in [0.15, 0.2) is 11.5 Å². The zero-order chi connectivity index (χ0) is 13.8. The van der Waals surface area contributed by atoms with Crippen molar-refractivity contribution in [3.8, 4) is 17.2 Å². The molecule has 0 saturated heterocycles. The van der Waals surface area contributed by atoms with E-state index >= 15 is 0 Å². The number of allylic oxidation sites excluding steroid dienone is 1. The highest BCUT2D eigenvalue weighted by molar-refractivity contribution is 5.74. The molecule has 1 aliphatic carbocycles. The fourth-order valence-corrected chi connectivity index (χ4v) is 1.98. The second-order valence-electron chi connectivity index (χ2n) is 4.49. The third-order valence-corrected chi connectivity index (χ3v) is 3.13. The van der Waals surface area contributed by atoms with Gasteiger partial charge in [-0.1, -0.05) is 11.6 Å². The first-order chi connectivity index (χ1) is 9.13. The van der Waals surface area contributed by atoms with E-state index < -0.39 is 0 Å². The minimum absolute atomic E-state index is 0.347. The highest BCUT2D eigenvalue weighted by atomic mass is 16.5. The van der Waals surface area contributed by atoms with Crippen LogP contribution in [0.3, 0.4) is 0 Å². The van der Waals surface area contributed by atoms with Crippen molar-refractivity contribution in [2.75, 3.05) is 14.2 Å². The standard InChI is InChI=1S/C15H18O4/c1-10(16)19-13-9-15(18-3)14(17-2)8-12(13)7-11-5-4-6-11/h7-9H,4-6H2,1-3H3. The van der Waals surface area contributed by atoms with Crippen LogP contribution in [0.2, 0.25) is 0 Å². The summed E-state index contributed by atoms with van der Waals surface area (Å²) in [5.74, 6) is 1.34. The average molecular weight is 262 g/mol. The molecule has 0 atom stereocenters. The number of carbonyl (C=O) groups excluding carboxylic acids is 1.